The van der Waals surface area contributed by atoms with Crippen LogP contribution < -0.4 is 10.5 Å². The Hall–Kier alpha value is -1.26. The lowest BCUT2D eigenvalue weighted by Crippen LogP contribution is -2.28. The third-order valence-electron chi connectivity index (χ3n) is 2.39. The minimum Gasteiger partial charge on any atom is -0.480 e. The van der Waals surface area contributed by atoms with Gasteiger partial charge in [-0.25, -0.2) is 0 Å². The van der Waals surface area contributed by atoms with Crippen LogP contribution in [-0.4, -0.2) is 6.04 Å². The molecular formula is C13H14BrNO2. The second kappa shape index (κ2) is 5.38. The van der Waals surface area contributed by atoms with Crippen LogP contribution in [0.2, 0.25) is 0 Å². The molecule has 4 heteroatoms. The van der Waals surface area contributed by atoms with E-state index in [2.05, 4.69) is 15.9 Å². The molecule has 0 fully saturated rings. The van der Waals surface area contributed by atoms with Gasteiger partial charge in [0.05, 0.1) is 10.7 Å². The molecule has 0 spiro atoms. The van der Waals surface area contributed by atoms with E-state index < -0.39 is 0 Å². The molecule has 0 aliphatic carbocycles. The number of hydrogen-bond acceptors (Lipinski definition) is 3. The van der Waals surface area contributed by atoms with E-state index in [1.807, 2.05) is 43.3 Å². The molecule has 17 heavy (non-hydrogen) atoms. The van der Waals surface area contributed by atoms with E-state index in [9.17, 15) is 0 Å². The normalized spacial score (nSPS) is 14.3. The molecule has 3 nitrogen and oxygen atoms in total. The Balaban J connectivity index is 2.23. The van der Waals surface area contributed by atoms with Crippen LogP contribution in [0.3, 0.4) is 0 Å². The standard InChI is InChI=1S/C13H14BrNO2/c1-9(15)13(12-7-4-8-16-12)17-11-6-3-2-5-10(11)14/h2-9,13H,15H2,1H3. The van der Waals surface area contributed by atoms with Crippen molar-refractivity contribution in [2.24, 2.45) is 5.73 Å². The highest BCUT2D eigenvalue weighted by molar-refractivity contribution is 9.10. The summed E-state index contributed by atoms with van der Waals surface area (Å²) in [6.45, 7) is 1.89. The molecule has 90 valence electrons. The number of hydrogen-bond donors (Lipinski definition) is 1. The number of benzene rings is 1. The van der Waals surface area contributed by atoms with Gasteiger partial charge in [0.15, 0.2) is 6.10 Å². The van der Waals surface area contributed by atoms with Gasteiger partial charge in [0.25, 0.3) is 0 Å². The predicted octanol–water partition coefficient (Wildman–Crippen LogP) is 3.51. The van der Waals surface area contributed by atoms with Crippen LogP contribution in [0.4, 0.5) is 0 Å². The number of furan rings is 1. The molecule has 2 N–H and O–H groups in total. The Morgan fingerprint density at radius 3 is 2.59 bits per heavy atom. The maximum Gasteiger partial charge on any atom is 0.171 e. The van der Waals surface area contributed by atoms with Crippen molar-refractivity contribution in [3.05, 3.63) is 52.9 Å². The second-order valence-corrected chi connectivity index (χ2v) is 4.70. The van der Waals surface area contributed by atoms with Crippen molar-refractivity contribution in [1.29, 1.82) is 0 Å². The first-order valence-corrected chi connectivity index (χ1v) is 6.18. The SMILES string of the molecule is CC(N)C(Oc1ccccc1Br)c1ccco1. The van der Waals surface area contributed by atoms with Crippen molar-refractivity contribution in [1.82, 2.24) is 0 Å². The van der Waals surface area contributed by atoms with E-state index >= 15 is 0 Å². The molecule has 0 amide bonds. The maximum atomic E-state index is 5.93. The van der Waals surface area contributed by atoms with Gasteiger partial charge in [0.2, 0.25) is 0 Å². The Bertz CT molecular complexity index is 468. The van der Waals surface area contributed by atoms with Crippen LogP contribution in [0.25, 0.3) is 0 Å². The number of halogens is 1. The summed E-state index contributed by atoms with van der Waals surface area (Å²) in [5.74, 6) is 1.49. The number of rotatable bonds is 4. The maximum absolute atomic E-state index is 5.93. The lowest BCUT2D eigenvalue weighted by Gasteiger charge is -2.21. The predicted molar refractivity (Wildman–Crippen MR) is 69.9 cm³/mol. The van der Waals surface area contributed by atoms with Crippen molar-refractivity contribution in [2.75, 3.05) is 0 Å². The average Bonchev–Trinajstić information content (AvgIpc) is 2.81. The van der Waals surface area contributed by atoms with Gasteiger partial charge < -0.3 is 14.9 Å². The van der Waals surface area contributed by atoms with Crippen LogP contribution in [0.5, 0.6) is 5.75 Å². The van der Waals surface area contributed by atoms with Gasteiger partial charge >= 0.3 is 0 Å². The Morgan fingerprint density at radius 1 is 1.24 bits per heavy atom. The third-order valence-corrected chi connectivity index (χ3v) is 3.05. The first-order chi connectivity index (χ1) is 8.18. The summed E-state index contributed by atoms with van der Waals surface area (Å²) in [6.07, 6.45) is 1.33. The molecule has 2 aromatic rings. The summed E-state index contributed by atoms with van der Waals surface area (Å²) in [6, 6.07) is 11.2. The highest BCUT2D eigenvalue weighted by atomic mass is 79.9. The van der Waals surface area contributed by atoms with E-state index in [0.29, 0.717) is 0 Å². The van der Waals surface area contributed by atoms with Crippen LogP contribution in [-0.2, 0) is 0 Å². The number of ether oxygens (including phenoxy) is 1. The molecule has 2 atom stereocenters. The molecule has 0 saturated carbocycles. The summed E-state index contributed by atoms with van der Waals surface area (Å²) in [4.78, 5) is 0. The molecule has 0 aliphatic heterocycles. The topological polar surface area (TPSA) is 48.4 Å². The minimum absolute atomic E-state index is 0.159. The van der Waals surface area contributed by atoms with Crippen LogP contribution in [0, 0.1) is 0 Å². The largest absolute Gasteiger partial charge is 0.480 e. The fourth-order valence-electron chi connectivity index (χ4n) is 1.55. The van der Waals surface area contributed by atoms with E-state index in [0.717, 1.165) is 16.0 Å². The van der Waals surface area contributed by atoms with Crippen molar-refractivity contribution < 1.29 is 9.15 Å². The van der Waals surface area contributed by atoms with Gasteiger partial charge in [0.1, 0.15) is 11.5 Å². The molecule has 0 saturated heterocycles. The summed E-state index contributed by atoms with van der Waals surface area (Å²) >= 11 is 3.44. The second-order valence-electron chi connectivity index (χ2n) is 3.84. The van der Waals surface area contributed by atoms with Gasteiger partial charge in [-0.15, -0.1) is 0 Å². The lowest BCUT2D eigenvalue weighted by molar-refractivity contribution is 0.152. The smallest absolute Gasteiger partial charge is 0.171 e. The summed E-state index contributed by atoms with van der Waals surface area (Å²) in [5, 5.41) is 0. The molecular weight excluding hydrogens is 282 g/mol. The third kappa shape index (κ3) is 2.90. The Morgan fingerprint density at radius 2 is 2.00 bits per heavy atom. The van der Waals surface area contributed by atoms with Crippen molar-refractivity contribution >= 4 is 15.9 Å². The minimum atomic E-state index is -0.288. The first kappa shape index (κ1) is 12.2. The highest BCUT2D eigenvalue weighted by Gasteiger charge is 2.21. The summed E-state index contributed by atoms with van der Waals surface area (Å²) < 4.78 is 12.1. The molecule has 1 heterocycles. The molecule has 0 bridgehead atoms. The fraction of sp³-hybridized carbons (Fsp3) is 0.231. The Kier molecular flexibility index (Phi) is 3.86. The van der Waals surface area contributed by atoms with Crippen LogP contribution in [0.1, 0.15) is 18.8 Å². The first-order valence-electron chi connectivity index (χ1n) is 5.38. The monoisotopic (exact) mass is 295 g/mol. The summed E-state index contributed by atoms with van der Waals surface area (Å²) in [5.41, 5.74) is 5.93. The van der Waals surface area contributed by atoms with Crippen LogP contribution in [0.15, 0.2) is 51.6 Å². The number of nitrogens with two attached hydrogens (primary N) is 1. The van der Waals surface area contributed by atoms with Crippen molar-refractivity contribution in [2.45, 2.75) is 19.1 Å². The molecule has 2 unspecified atom stereocenters. The van der Waals surface area contributed by atoms with Gasteiger partial charge in [-0.05, 0) is 47.1 Å². The summed E-state index contributed by atoms with van der Waals surface area (Å²) in [7, 11) is 0. The molecule has 1 aromatic heterocycles. The van der Waals surface area contributed by atoms with E-state index in [-0.39, 0.29) is 12.1 Å². The quantitative estimate of drug-likeness (QED) is 0.939. The fourth-order valence-corrected chi connectivity index (χ4v) is 1.93. The van der Waals surface area contributed by atoms with E-state index in [4.69, 9.17) is 14.9 Å². The van der Waals surface area contributed by atoms with E-state index in [1.165, 1.54) is 0 Å². The Labute approximate surface area is 109 Å². The molecule has 0 radical (unpaired) electrons. The molecule has 1 aromatic carbocycles. The van der Waals surface area contributed by atoms with Crippen LogP contribution >= 0.6 is 15.9 Å². The molecule has 2 rings (SSSR count). The van der Waals surface area contributed by atoms with Gasteiger partial charge in [0, 0.05) is 6.04 Å². The number of para-hydroxylation sites is 1. The van der Waals surface area contributed by atoms with Gasteiger partial charge in [-0.3, -0.25) is 0 Å². The van der Waals surface area contributed by atoms with Crippen molar-refractivity contribution in [3.8, 4) is 5.75 Å². The van der Waals surface area contributed by atoms with Gasteiger partial charge in [-0.2, -0.15) is 0 Å². The average molecular weight is 296 g/mol. The zero-order valence-corrected chi connectivity index (χ0v) is 11.1. The zero-order chi connectivity index (χ0) is 12.3. The van der Waals surface area contributed by atoms with E-state index in [1.54, 1.807) is 6.26 Å². The lowest BCUT2D eigenvalue weighted by atomic mass is 10.1. The van der Waals surface area contributed by atoms with Crippen molar-refractivity contribution in [3.63, 3.8) is 0 Å². The highest BCUT2D eigenvalue weighted by Crippen LogP contribution is 2.30. The molecule has 0 aliphatic rings. The van der Waals surface area contributed by atoms with Gasteiger partial charge in [-0.1, -0.05) is 12.1 Å². The zero-order valence-electron chi connectivity index (χ0n) is 9.47.